The lowest BCUT2D eigenvalue weighted by molar-refractivity contribution is 0.0945. The third-order valence-electron chi connectivity index (χ3n) is 4.36. The van der Waals surface area contributed by atoms with Crippen LogP contribution in [0.5, 0.6) is 0 Å². The van der Waals surface area contributed by atoms with Gasteiger partial charge < -0.3 is 15.1 Å². The van der Waals surface area contributed by atoms with Crippen LogP contribution < -0.4 is 10.2 Å². The van der Waals surface area contributed by atoms with E-state index in [1.807, 2.05) is 25.9 Å². The van der Waals surface area contributed by atoms with Crippen molar-refractivity contribution >= 4 is 11.7 Å². The number of carbonyl (C=O) groups is 1. The van der Waals surface area contributed by atoms with E-state index in [0.29, 0.717) is 18.1 Å². The molecule has 0 spiro atoms. The van der Waals surface area contributed by atoms with Crippen molar-refractivity contribution in [3.8, 4) is 0 Å². The Morgan fingerprint density at radius 2 is 2.00 bits per heavy atom. The van der Waals surface area contributed by atoms with Crippen molar-refractivity contribution in [3.05, 3.63) is 53.0 Å². The third-order valence-corrected chi connectivity index (χ3v) is 4.36. The number of aryl methyl sites for hydroxylation is 1. The molecule has 1 aliphatic heterocycles. The normalized spacial score (nSPS) is 13.7. The Hall–Kier alpha value is -2.47. The highest BCUT2D eigenvalue weighted by Crippen LogP contribution is 2.23. The lowest BCUT2D eigenvalue weighted by atomic mass is 10.00. The number of fused-ring (bicyclic) bond motifs is 1. The van der Waals surface area contributed by atoms with Crippen LogP contribution in [-0.2, 0) is 13.0 Å². The standard InChI is InChI=1S/C19H25N5O/c1-14-21-17(19(25)20-9-11-23(2)3)12-18(22-14)24-10-8-15-6-4-5-7-16(15)13-24/h4-7,12H,8-11,13H2,1-3H3,(H,20,25). The molecular weight excluding hydrogens is 314 g/mol. The van der Waals surface area contributed by atoms with Gasteiger partial charge in [-0.2, -0.15) is 0 Å². The fourth-order valence-electron chi connectivity index (χ4n) is 3.01. The van der Waals surface area contributed by atoms with Crippen LogP contribution in [0.1, 0.15) is 27.4 Å². The second-order valence-electron chi connectivity index (χ2n) is 6.66. The van der Waals surface area contributed by atoms with Crippen molar-refractivity contribution in [1.82, 2.24) is 20.2 Å². The van der Waals surface area contributed by atoms with Crippen molar-refractivity contribution in [1.29, 1.82) is 0 Å². The fourth-order valence-corrected chi connectivity index (χ4v) is 3.01. The summed E-state index contributed by atoms with van der Waals surface area (Å²) in [7, 11) is 3.96. The summed E-state index contributed by atoms with van der Waals surface area (Å²) in [5.41, 5.74) is 3.15. The molecule has 2 heterocycles. The number of rotatable bonds is 5. The Morgan fingerprint density at radius 1 is 1.24 bits per heavy atom. The van der Waals surface area contributed by atoms with Gasteiger partial charge in [0.15, 0.2) is 0 Å². The number of benzene rings is 1. The topological polar surface area (TPSA) is 61.4 Å². The maximum absolute atomic E-state index is 12.4. The van der Waals surface area contributed by atoms with E-state index in [4.69, 9.17) is 0 Å². The second kappa shape index (κ2) is 7.61. The SMILES string of the molecule is Cc1nc(C(=O)NCCN(C)C)cc(N2CCc3ccccc3C2)n1. The van der Waals surface area contributed by atoms with Crippen molar-refractivity contribution in [2.75, 3.05) is 38.6 Å². The van der Waals surface area contributed by atoms with Crippen LogP contribution in [0.25, 0.3) is 0 Å². The molecule has 1 aromatic carbocycles. The molecule has 0 saturated heterocycles. The van der Waals surface area contributed by atoms with Gasteiger partial charge in [-0.3, -0.25) is 4.79 Å². The number of hydrogen-bond donors (Lipinski definition) is 1. The minimum absolute atomic E-state index is 0.147. The predicted octanol–water partition coefficient (Wildman–Crippen LogP) is 1.64. The van der Waals surface area contributed by atoms with Crippen molar-refractivity contribution in [2.24, 2.45) is 0 Å². The highest BCUT2D eigenvalue weighted by atomic mass is 16.1. The monoisotopic (exact) mass is 339 g/mol. The lowest BCUT2D eigenvalue weighted by Crippen LogP contribution is -2.33. The maximum atomic E-state index is 12.4. The van der Waals surface area contributed by atoms with E-state index >= 15 is 0 Å². The number of likely N-dealkylation sites (N-methyl/N-ethyl adjacent to an activating group) is 1. The molecule has 0 fully saturated rings. The summed E-state index contributed by atoms with van der Waals surface area (Å²) in [5.74, 6) is 1.29. The van der Waals surface area contributed by atoms with Gasteiger partial charge in [0.1, 0.15) is 17.3 Å². The summed E-state index contributed by atoms with van der Waals surface area (Å²) >= 11 is 0. The van der Waals surface area contributed by atoms with Gasteiger partial charge in [0.2, 0.25) is 0 Å². The predicted molar refractivity (Wildman–Crippen MR) is 98.9 cm³/mol. The number of anilines is 1. The van der Waals surface area contributed by atoms with E-state index in [2.05, 4.69) is 44.5 Å². The highest BCUT2D eigenvalue weighted by Gasteiger charge is 2.19. The van der Waals surface area contributed by atoms with E-state index in [9.17, 15) is 4.79 Å². The van der Waals surface area contributed by atoms with Crippen molar-refractivity contribution in [2.45, 2.75) is 19.9 Å². The molecule has 1 N–H and O–H groups in total. The third kappa shape index (κ3) is 4.33. The first kappa shape index (κ1) is 17.4. The second-order valence-corrected chi connectivity index (χ2v) is 6.66. The number of aromatic nitrogens is 2. The number of hydrogen-bond acceptors (Lipinski definition) is 5. The molecule has 132 valence electrons. The summed E-state index contributed by atoms with van der Waals surface area (Å²) in [5, 5.41) is 2.91. The van der Waals surface area contributed by atoms with Gasteiger partial charge in [-0.1, -0.05) is 24.3 Å². The number of amides is 1. The van der Waals surface area contributed by atoms with E-state index in [0.717, 1.165) is 31.9 Å². The first-order chi connectivity index (χ1) is 12.0. The van der Waals surface area contributed by atoms with Crippen LogP contribution >= 0.6 is 0 Å². The van der Waals surface area contributed by atoms with Crippen LogP contribution in [0.4, 0.5) is 5.82 Å². The zero-order valence-electron chi connectivity index (χ0n) is 15.1. The van der Waals surface area contributed by atoms with E-state index in [1.54, 1.807) is 6.07 Å². The van der Waals surface area contributed by atoms with Crippen molar-refractivity contribution < 1.29 is 4.79 Å². The molecule has 1 aliphatic rings. The molecular formula is C19H25N5O. The molecule has 0 bridgehead atoms. The number of nitrogens with zero attached hydrogens (tertiary/aromatic N) is 4. The molecule has 6 heteroatoms. The average Bonchev–Trinajstić information content (AvgIpc) is 2.60. The minimum Gasteiger partial charge on any atom is -0.352 e. The Kier molecular flexibility index (Phi) is 5.28. The molecule has 0 aliphatic carbocycles. The summed E-state index contributed by atoms with van der Waals surface area (Å²) in [6.45, 7) is 4.94. The summed E-state index contributed by atoms with van der Waals surface area (Å²) in [4.78, 5) is 25.5. The van der Waals surface area contributed by atoms with Gasteiger partial charge in [-0.05, 0) is 38.6 Å². The van der Waals surface area contributed by atoms with Gasteiger partial charge in [-0.15, -0.1) is 0 Å². The molecule has 3 rings (SSSR count). The molecule has 6 nitrogen and oxygen atoms in total. The molecule has 25 heavy (non-hydrogen) atoms. The van der Waals surface area contributed by atoms with Gasteiger partial charge in [-0.25, -0.2) is 9.97 Å². The van der Waals surface area contributed by atoms with Crippen LogP contribution in [0.15, 0.2) is 30.3 Å². The van der Waals surface area contributed by atoms with Crippen LogP contribution in [0.2, 0.25) is 0 Å². The summed E-state index contributed by atoms with van der Waals surface area (Å²) in [6.07, 6.45) is 0.990. The van der Waals surface area contributed by atoms with Gasteiger partial charge in [0.05, 0.1) is 0 Å². The summed E-state index contributed by atoms with van der Waals surface area (Å²) < 4.78 is 0. The summed E-state index contributed by atoms with van der Waals surface area (Å²) in [6, 6.07) is 10.3. The Morgan fingerprint density at radius 3 is 2.76 bits per heavy atom. The quantitative estimate of drug-likeness (QED) is 0.897. The molecule has 0 atom stereocenters. The smallest absolute Gasteiger partial charge is 0.270 e. The Labute approximate surface area is 148 Å². The number of nitrogens with one attached hydrogen (secondary N) is 1. The van der Waals surface area contributed by atoms with E-state index in [-0.39, 0.29) is 5.91 Å². The van der Waals surface area contributed by atoms with Crippen LogP contribution in [0.3, 0.4) is 0 Å². The molecule has 1 amide bonds. The zero-order chi connectivity index (χ0) is 17.8. The Bertz CT molecular complexity index is 759. The Balaban J connectivity index is 1.75. The van der Waals surface area contributed by atoms with E-state index in [1.165, 1.54) is 11.1 Å². The molecule has 0 saturated carbocycles. The first-order valence-electron chi connectivity index (χ1n) is 8.63. The maximum Gasteiger partial charge on any atom is 0.270 e. The molecule has 1 aromatic heterocycles. The lowest BCUT2D eigenvalue weighted by Gasteiger charge is -2.30. The van der Waals surface area contributed by atoms with Crippen molar-refractivity contribution in [3.63, 3.8) is 0 Å². The minimum atomic E-state index is -0.147. The zero-order valence-corrected chi connectivity index (χ0v) is 15.1. The van der Waals surface area contributed by atoms with Gasteiger partial charge in [0.25, 0.3) is 5.91 Å². The van der Waals surface area contributed by atoms with Gasteiger partial charge >= 0.3 is 0 Å². The number of carbonyl (C=O) groups excluding carboxylic acids is 1. The van der Waals surface area contributed by atoms with Crippen LogP contribution in [0, 0.1) is 6.92 Å². The molecule has 2 aromatic rings. The first-order valence-corrected chi connectivity index (χ1v) is 8.63. The highest BCUT2D eigenvalue weighted by molar-refractivity contribution is 5.93. The average molecular weight is 339 g/mol. The van der Waals surface area contributed by atoms with E-state index < -0.39 is 0 Å². The molecule has 0 unspecified atom stereocenters. The molecule has 0 radical (unpaired) electrons. The van der Waals surface area contributed by atoms with Gasteiger partial charge in [0, 0.05) is 32.2 Å². The fraction of sp³-hybridized carbons (Fsp3) is 0.421. The van der Waals surface area contributed by atoms with Crippen LogP contribution in [-0.4, -0.2) is 54.5 Å². The largest absolute Gasteiger partial charge is 0.352 e.